The number of amides is 1. The normalized spacial score (nSPS) is 15.3. The number of aryl methyl sites for hydroxylation is 1. The highest BCUT2D eigenvalue weighted by atomic mass is 16.5. The number of carbonyl (C=O) groups excluding carboxylic acids is 1. The third kappa shape index (κ3) is 8.42. The molecule has 2 aromatic heterocycles. The summed E-state index contributed by atoms with van der Waals surface area (Å²) >= 11 is 0. The lowest BCUT2D eigenvalue weighted by Gasteiger charge is -2.27. The third-order valence-electron chi connectivity index (χ3n) is 6.19. The molecule has 0 saturated heterocycles. The van der Waals surface area contributed by atoms with Crippen molar-refractivity contribution in [1.29, 1.82) is 0 Å². The number of ether oxygens (including phenoxy) is 1. The molecule has 1 amide bonds. The van der Waals surface area contributed by atoms with E-state index in [9.17, 15) is 4.79 Å². The van der Waals surface area contributed by atoms with E-state index >= 15 is 0 Å². The minimum atomic E-state index is -0.315. The van der Waals surface area contributed by atoms with Crippen LogP contribution in [0, 0.1) is 5.92 Å². The van der Waals surface area contributed by atoms with Crippen molar-refractivity contribution < 1.29 is 9.53 Å². The minimum absolute atomic E-state index is 0.0370. The average Bonchev–Trinajstić information content (AvgIpc) is 3.38. The number of anilines is 1. The first-order valence-electron chi connectivity index (χ1n) is 12.7. The Bertz CT molecular complexity index is 820. The maximum atomic E-state index is 13.2. The first-order valence-corrected chi connectivity index (χ1v) is 12.7. The molecule has 0 bridgehead atoms. The Hall–Kier alpha value is -2.48. The van der Waals surface area contributed by atoms with Gasteiger partial charge in [-0.1, -0.05) is 45.4 Å². The van der Waals surface area contributed by atoms with Crippen molar-refractivity contribution in [3.63, 3.8) is 0 Å². The monoisotopic (exact) mass is 456 g/mol. The number of imidazole rings is 1. The zero-order valence-corrected chi connectivity index (χ0v) is 20.3. The summed E-state index contributed by atoms with van der Waals surface area (Å²) in [5.74, 6) is 1.89. The molecule has 182 valence electrons. The Morgan fingerprint density at radius 2 is 2.06 bits per heavy atom. The number of unbranched alkanes of at least 4 members (excludes halogenated alkanes) is 1. The van der Waals surface area contributed by atoms with Gasteiger partial charge in [0, 0.05) is 43.9 Å². The number of carbonyl (C=O) groups is 1. The summed E-state index contributed by atoms with van der Waals surface area (Å²) in [6.45, 7) is 6.14. The van der Waals surface area contributed by atoms with Crippen molar-refractivity contribution in [3.05, 3.63) is 30.5 Å². The van der Waals surface area contributed by atoms with Gasteiger partial charge in [-0.2, -0.15) is 4.98 Å². The molecule has 2 heterocycles. The molecule has 33 heavy (non-hydrogen) atoms. The van der Waals surface area contributed by atoms with Gasteiger partial charge < -0.3 is 15.4 Å². The van der Waals surface area contributed by atoms with E-state index in [-0.39, 0.29) is 11.9 Å². The highest BCUT2D eigenvalue weighted by Gasteiger charge is 2.25. The summed E-state index contributed by atoms with van der Waals surface area (Å²) in [6, 6.07) is 1.68. The second-order valence-corrected chi connectivity index (χ2v) is 8.90. The summed E-state index contributed by atoms with van der Waals surface area (Å²) in [7, 11) is 0. The highest BCUT2D eigenvalue weighted by Crippen LogP contribution is 2.28. The lowest BCUT2D eigenvalue weighted by atomic mass is 9.84. The predicted octanol–water partition coefficient (Wildman–Crippen LogP) is 4.30. The maximum absolute atomic E-state index is 13.2. The molecule has 8 heteroatoms. The Kier molecular flexibility index (Phi) is 10.6. The summed E-state index contributed by atoms with van der Waals surface area (Å²) in [5, 5.41) is 6.57. The van der Waals surface area contributed by atoms with Crippen LogP contribution in [0.4, 0.5) is 5.82 Å². The molecule has 1 fully saturated rings. The van der Waals surface area contributed by atoms with Gasteiger partial charge in [-0.25, -0.2) is 9.97 Å². The second-order valence-electron chi connectivity index (χ2n) is 8.90. The van der Waals surface area contributed by atoms with E-state index in [1.165, 1.54) is 32.1 Å². The molecule has 8 nitrogen and oxygen atoms in total. The molecule has 0 aliphatic heterocycles. The highest BCUT2D eigenvalue weighted by molar-refractivity contribution is 5.84. The van der Waals surface area contributed by atoms with Gasteiger partial charge in [0.25, 0.3) is 0 Å². The van der Waals surface area contributed by atoms with Gasteiger partial charge in [-0.15, -0.1) is 0 Å². The van der Waals surface area contributed by atoms with E-state index in [1.54, 1.807) is 12.5 Å². The van der Waals surface area contributed by atoms with Gasteiger partial charge in [-0.05, 0) is 38.5 Å². The molecule has 1 aliphatic carbocycles. The van der Waals surface area contributed by atoms with E-state index in [0.717, 1.165) is 37.8 Å². The maximum Gasteiger partial charge on any atom is 0.242 e. The Labute approximate surface area is 198 Å². The Morgan fingerprint density at radius 1 is 1.21 bits per heavy atom. The molecule has 1 aliphatic rings. The molecule has 0 aromatic carbocycles. The lowest BCUT2D eigenvalue weighted by Crippen LogP contribution is -2.42. The minimum Gasteiger partial charge on any atom is -0.382 e. The summed E-state index contributed by atoms with van der Waals surface area (Å²) in [5.41, 5.74) is 0.978. The van der Waals surface area contributed by atoms with Crippen LogP contribution in [0.15, 0.2) is 24.8 Å². The Balaban J connectivity index is 1.74. The molecular weight excluding hydrogens is 416 g/mol. The number of aromatic nitrogens is 4. The van der Waals surface area contributed by atoms with Crippen molar-refractivity contribution in [2.75, 3.05) is 25.1 Å². The quantitative estimate of drug-likeness (QED) is 0.412. The van der Waals surface area contributed by atoms with Crippen molar-refractivity contribution in [2.24, 2.45) is 5.92 Å². The van der Waals surface area contributed by atoms with E-state index < -0.39 is 0 Å². The van der Waals surface area contributed by atoms with Crippen LogP contribution in [0.2, 0.25) is 0 Å². The number of nitrogens with zero attached hydrogens (tertiary/aromatic N) is 4. The fraction of sp³-hybridized carbons (Fsp3) is 0.680. The number of hydrogen-bond donors (Lipinski definition) is 2. The topological polar surface area (TPSA) is 94.0 Å². The van der Waals surface area contributed by atoms with Crippen LogP contribution in [0.5, 0.6) is 0 Å². The van der Waals surface area contributed by atoms with E-state index in [0.29, 0.717) is 37.4 Å². The van der Waals surface area contributed by atoms with Crippen LogP contribution in [-0.4, -0.2) is 51.2 Å². The van der Waals surface area contributed by atoms with Crippen LogP contribution in [0.3, 0.4) is 0 Å². The van der Waals surface area contributed by atoms with Gasteiger partial charge in [0.1, 0.15) is 18.2 Å². The Morgan fingerprint density at radius 3 is 2.79 bits per heavy atom. The van der Waals surface area contributed by atoms with E-state index in [4.69, 9.17) is 14.7 Å². The van der Waals surface area contributed by atoms with Crippen LogP contribution in [0.25, 0.3) is 5.95 Å². The largest absolute Gasteiger partial charge is 0.382 e. The van der Waals surface area contributed by atoms with Gasteiger partial charge in [0.15, 0.2) is 0 Å². The standard InChI is InChI=1S/C25H40N6O2/c1-3-5-12-21-18-23(30-25(28-21)31-15-14-26-19-31)29-22(17-20-10-7-6-8-11-20)24(32)27-13-9-16-33-4-2/h14-15,18-20,22H,3-13,16-17H2,1-2H3,(H,27,32)(H,28,29,30). The number of nitrogens with one attached hydrogen (secondary N) is 2. The second kappa shape index (κ2) is 13.9. The number of rotatable bonds is 14. The third-order valence-corrected chi connectivity index (χ3v) is 6.19. The van der Waals surface area contributed by atoms with Crippen molar-refractivity contribution >= 4 is 11.7 Å². The first kappa shape index (κ1) is 25.1. The molecule has 3 rings (SSSR count). The van der Waals surface area contributed by atoms with E-state index in [2.05, 4.69) is 22.5 Å². The van der Waals surface area contributed by atoms with Gasteiger partial charge in [0.2, 0.25) is 11.9 Å². The zero-order chi connectivity index (χ0) is 23.3. The van der Waals surface area contributed by atoms with Crippen molar-refractivity contribution in [1.82, 2.24) is 24.8 Å². The van der Waals surface area contributed by atoms with Crippen LogP contribution >= 0.6 is 0 Å². The SMILES string of the molecule is CCCCc1cc(NC(CC2CCCCC2)C(=O)NCCCOCC)nc(-n2ccnc2)n1. The van der Waals surface area contributed by atoms with Gasteiger partial charge in [0.05, 0.1) is 0 Å². The molecule has 0 radical (unpaired) electrons. The molecule has 1 atom stereocenters. The van der Waals surface area contributed by atoms with Crippen LogP contribution in [0.1, 0.15) is 77.3 Å². The fourth-order valence-corrected chi connectivity index (χ4v) is 4.36. The summed E-state index contributed by atoms with van der Waals surface area (Å²) in [6.07, 6.45) is 16.2. The lowest BCUT2D eigenvalue weighted by molar-refractivity contribution is -0.122. The molecule has 2 aromatic rings. The zero-order valence-electron chi connectivity index (χ0n) is 20.3. The van der Waals surface area contributed by atoms with E-state index in [1.807, 2.05) is 23.8 Å². The average molecular weight is 457 g/mol. The first-order chi connectivity index (χ1) is 16.2. The van der Waals surface area contributed by atoms with Crippen molar-refractivity contribution in [3.8, 4) is 5.95 Å². The van der Waals surface area contributed by atoms with Gasteiger partial charge >= 0.3 is 0 Å². The summed E-state index contributed by atoms with van der Waals surface area (Å²) in [4.78, 5) is 26.7. The predicted molar refractivity (Wildman–Crippen MR) is 130 cm³/mol. The fourth-order valence-electron chi connectivity index (χ4n) is 4.36. The molecule has 1 saturated carbocycles. The molecule has 0 spiro atoms. The molecular formula is C25H40N6O2. The smallest absolute Gasteiger partial charge is 0.242 e. The molecule has 1 unspecified atom stereocenters. The van der Waals surface area contributed by atoms with Crippen LogP contribution in [-0.2, 0) is 16.0 Å². The van der Waals surface area contributed by atoms with Crippen LogP contribution < -0.4 is 10.6 Å². The molecule has 2 N–H and O–H groups in total. The number of hydrogen-bond acceptors (Lipinski definition) is 6. The summed E-state index contributed by atoms with van der Waals surface area (Å²) < 4.78 is 7.21. The van der Waals surface area contributed by atoms with Crippen molar-refractivity contribution in [2.45, 2.75) is 84.1 Å². The van der Waals surface area contributed by atoms with Gasteiger partial charge in [-0.3, -0.25) is 9.36 Å².